The fourth-order valence-corrected chi connectivity index (χ4v) is 2.61. The van der Waals surface area contributed by atoms with E-state index in [-0.39, 0.29) is 16.4 Å². The minimum absolute atomic E-state index is 0.126. The highest BCUT2D eigenvalue weighted by Gasteiger charge is 2.22. The van der Waals surface area contributed by atoms with Gasteiger partial charge in [-0.15, -0.1) is 0 Å². The van der Waals surface area contributed by atoms with Crippen LogP contribution in [-0.4, -0.2) is 32.8 Å². The van der Waals surface area contributed by atoms with E-state index in [4.69, 9.17) is 5.14 Å². The van der Waals surface area contributed by atoms with Gasteiger partial charge in [0.1, 0.15) is 0 Å². The number of aryl methyl sites for hydroxylation is 1. The van der Waals surface area contributed by atoms with Crippen molar-refractivity contribution in [2.24, 2.45) is 11.1 Å². The Bertz CT molecular complexity index is 580. The molecular formula is C13H20N2O3S. The summed E-state index contributed by atoms with van der Waals surface area (Å²) in [5.74, 6) is -0.0295. The average Bonchev–Trinajstić information content (AvgIpc) is 2.25. The van der Waals surface area contributed by atoms with Crippen LogP contribution in [0.15, 0.2) is 23.1 Å². The molecule has 0 aromatic heterocycles. The van der Waals surface area contributed by atoms with E-state index in [0.717, 1.165) is 5.56 Å². The van der Waals surface area contributed by atoms with Crippen LogP contribution in [0.4, 0.5) is 0 Å². The molecule has 1 aromatic carbocycles. The molecule has 0 aliphatic heterocycles. The first-order chi connectivity index (χ1) is 8.62. The Hall–Kier alpha value is -1.40. The van der Waals surface area contributed by atoms with Gasteiger partial charge in [-0.25, -0.2) is 13.6 Å². The second-order valence-electron chi connectivity index (χ2n) is 5.12. The standard InChI is InChI=1S/C13H20N2O3S/c1-9(2)8-15(4)13(16)11-7-10(3)5-6-12(11)19(14,17)18/h5-7,9H,8H2,1-4H3,(H2,14,17,18). The molecule has 0 radical (unpaired) electrons. The summed E-state index contributed by atoms with van der Waals surface area (Å²) in [6, 6.07) is 4.55. The Morgan fingerprint density at radius 3 is 2.42 bits per heavy atom. The summed E-state index contributed by atoms with van der Waals surface area (Å²) in [5.41, 5.74) is 0.944. The quantitative estimate of drug-likeness (QED) is 0.906. The van der Waals surface area contributed by atoms with Crippen LogP contribution in [0, 0.1) is 12.8 Å². The fraction of sp³-hybridized carbons (Fsp3) is 0.462. The van der Waals surface area contributed by atoms with Gasteiger partial charge < -0.3 is 4.90 Å². The van der Waals surface area contributed by atoms with Gasteiger partial charge in [0.25, 0.3) is 5.91 Å². The van der Waals surface area contributed by atoms with Gasteiger partial charge in [-0.2, -0.15) is 0 Å². The molecule has 0 heterocycles. The van der Waals surface area contributed by atoms with Crippen LogP contribution in [-0.2, 0) is 10.0 Å². The lowest BCUT2D eigenvalue weighted by Crippen LogP contribution is -2.32. The van der Waals surface area contributed by atoms with Crippen molar-refractivity contribution >= 4 is 15.9 Å². The van der Waals surface area contributed by atoms with Gasteiger partial charge in [-0.3, -0.25) is 4.79 Å². The van der Waals surface area contributed by atoms with Crippen molar-refractivity contribution in [2.45, 2.75) is 25.7 Å². The van der Waals surface area contributed by atoms with Crippen LogP contribution in [0.1, 0.15) is 29.8 Å². The molecule has 0 bridgehead atoms. The molecule has 0 aliphatic carbocycles. The third kappa shape index (κ3) is 4.04. The number of carbonyl (C=O) groups excluding carboxylic acids is 1. The topological polar surface area (TPSA) is 80.5 Å². The zero-order chi connectivity index (χ0) is 14.8. The van der Waals surface area contributed by atoms with E-state index >= 15 is 0 Å². The predicted octanol–water partition coefficient (Wildman–Crippen LogP) is 1.37. The highest BCUT2D eigenvalue weighted by molar-refractivity contribution is 7.89. The summed E-state index contributed by atoms with van der Waals surface area (Å²) in [5, 5.41) is 5.15. The molecule has 19 heavy (non-hydrogen) atoms. The lowest BCUT2D eigenvalue weighted by molar-refractivity contribution is 0.0775. The van der Waals surface area contributed by atoms with Crippen LogP contribution in [0.25, 0.3) is 0 Å². The first-order valence-electron chi connectivity index (χ1n) is 6.02. The molecule has 0 fully saturated rings. The lowest BCUT2D eigenvalue weighted by atomic mass is 10.1. The number of rotatable bonds is 4. The van der Waals surface area contributed by atoms with Crippen molar-refractivity contribution in [3.8, 4) is 0 Å². The Kier molecular flexibility index (Phi) is 4.70. The van der Waals surface area contributed by atoms with Gasteiger partial charge >= 0.3 is 0 Å². The number of primary sulfonamides is 1. The number of hydrogen-bond acceptors (Lipinski definition) is 3. The maximum atomic E-state index is 12.3. The highest BCUT2D eigenvalue weighted by atomic mass is 32.2. The largest absolute Gasteiger partial charge is 0.341 e. The molecule has 5 nitrogen and oxygen atoms in total. The van der Waals surface area contributed by atoms with E-state index in [9.17, 15) is 13.2 Å². The molecule has 0 atom stereocenters. The molecular weight excluding hydrogens is 264 g/mol. The number of sulfonamides is 1. The van der Waals surface area contributed by atoms with Crippen molar-refractivity contribution in [1.82, 2.24) is 4.90 Å². The fourth-order valence-electron chi connectivity index (χ4n) is 1.90. The summed E-state index contributed by atoms with van der Waals surface area (Å²) < 4.78 is 23.0. The highest BCUT2D eigenvalue weighted by Crippen LogP contribution is 2.18. The second-order valence-corrected chi connectivity index (χ2v) is 6.65. The van der Waals surface area contributed by atoms with Gasteiger partial charge in [0.15, 0.2) is 0 Å². The molecule has 0 spiro atoms. The summed E-state index contributed by atoms with van der Waals surface area (Å²) in [6.45, 7) is 6.32. The van der Waals surface area contributed by atoms with Gasteiger partial charge in [0.2, 0.25) is 10.0 Å². The van der Waals surface area contributed by atoms with E-state index < -0.39 is 10.0 Å². The van der Waals surface area contributed by atoms with Crippen LogP contribution < -0.4 is 5.14 Å². The molecule has 1 amide bonds. The van der Waals surface area contributed by atoms with Crippen molar-refractivity contribution in [2.75, 3.05) is 13.6 Å². The van der Waals surface area contributed by atoms with Crippen LogP contribution in [0.5, 0.6) is 0 Å². The first kappa shape index (κ1) is 15.7. The molecule has 0 unspecified atom stereocenters. The molecule has 1 aromatic rings. The average molecular weight is 284 g/mol. The molecule has 106 valence electrons. The number of nitrogens with zero attached hydrogens (tertiary/aromatic N) is 1. The Morgan fingerprint density at radius 1 is 1.37 bits per heavy atom. The zero-order valence-electron chi connectivity index (χ0n) is 11.7. The van der Waals surface area contributed by atoms with Crippen molar-refractivity contribution in [3.63, 3.8) is 0 Å². The normalized spacial score (nSPS) is 11.7. The third-order valence-corrected chi connectivity index (χ3v) is 3.63. The third-order valence-electron chi connectivity index (χ3n) is 2.66. The van der Waals surface area contributed by atoms with Crippen LogP contribution in [0.2, 0.25) is 0 Å². The Labute approximate surface area is 114 Å². The summed E-state index contributed by atoms with van der Waals surface area (Å²) in [4.78, 5) is 13.7. The smallest absolute Gasteiger partial charge is 0.254 e. The van der Waals surface area contributed by atoms with Crippen LogP contribution in [0.3, 0.4) is 0 Å². The van der Waals surface area contributed by atoms with E-state index in [1.807, 2.05) is 13.8 Å². The summed E-state index contributed by atoms with van der Waals surface area (Å²) in [7, 11) is -2.25. The Balaban J connectivity index is 3.26. The number of carbonyl (C=O) groups is 1. The summed E-state index contributed by atoms with van der Waals surface area (Å²) in [6.07, 6.45) is 0. The van der Waals surface area contributed by atoms with Gasteiger partial charge in [0, 0.05) is 13.6 Å². The van der Waals surface area contributed by atoms with E-state index in [2.05, 4.69) is 0 Å². The minimum Gasteiger partial charge on any atom is -0.341 e. The molecule has 2 N–H and O–H groups in total. The first-order valence-corrected chi connectivity index (χ1v) is 7.56. The van der Waals surface area contributed by atoms with Crippen molar-refractivity contribution in [3.05, 3.63) is 29.3 Å². The second kappa shape index (κ2) is 5.71. The van der Waals surface area contributed by atoms with Gasteiger partial charge in [0.05, 0.1) is 10.5 Å². The Morgan fingerprint density at radius 2 is 1.95 bits per heavy atom. The number of amides is 1. The van der Waals surface area contributed by atoms with Gasteiger partial charge in [-0.1, -0.05) is 25.5 Å². The maximum Gasteiger partial charge on any atom is 0.254 e. The molecule has 0 aliphatic rings. The number of nitrogens with two attached hydrogens (primary N) is 1. The minimum atomic E-state index is -3.90. The molecule has 0 saturated carbocycles. The van der Waals surface area contributed by atoms with E-state index in [1.54, 1.807) is 26.1 Å². The zero-order valence-corrected chi connectivity index (χ0v) is 12.5. The SMILES string of the molecule is Cc1ccc(S(N)(=O)=O)c(C(=O)N(C)CC(C)C)c1. The lowest BCUT2D eigenvalue weighted by Gasteiger charge is -2.20. The van der Waals surface area contributed by atoms with Gasteiger partial charge in [-0.05, 0) is 25.0 Å². The summed E-state index contributed by atoms with van der Waals surface area (Å²) >= 11 is 0. The van der Waals surface area contributed by atoms with Crippen molar-refractivity contribution < 1.29 is 13.2 Å². The number of hydrogen-bond donors (Lipinski definition) is 1. The number of benzene rings is 1. The predicted molar refractivity (Wildman–Crippen MR) is 74.4 cm³/mol. The maximum absolute atomic E-state index is 12.3. The molecule has 1 rings (SSSR count). The van der Waals surface area contributed by atoms with E-state index in [0.29, 0.717) is 12.5 Å². The monoisotopic (exact) mass is 284 g/mol. The van der Waals surface area contributed by atoms with Crippen LogP contribution >= 0.6 is 0 Å². The molecule has 6 heteroatoms. The van der Waals surface area contributed by atoms with E-state index in [1.165, 1.54) is 11.0 Å². The molecule has 0 saturated heterocycles. The van der Waals surface area contributed by atoms with Crippen molar-refractivity contribution in [1.29, 1.82) is 0 Å².